The Bertz CT molecular complexity index is 904. The van der Waals surface area contributed by atoms with E-state index in [0.29, 0.717) is 0 Å². The Morgan fingerprint density at radius 3 is 2.33 bits per heavy atom. The van der Waals surface area contributed by atoms with Gasteiger partial charge in [-0.2, -0.15) is 0 Å². The van der Waals surface area contributed by atoms with Crippen LogP contribution in [0, 0.1) is 0 Å². The summed E-state index contributed by atoms with van der Waals surface area (Å²) in [6.07, 6.45) is -2.50. The van der Waals surface area contributed by atoms with Crippen LogP contribution in [0.4, 0.5) is 4.79 Å². The normalized spacial score (nSPS) is 34.5. The van der Waals surface area contributed by atoms with Crippen LogP contribution in [0.15, 0.2) is 35.2 Å². The van der Waals surface area contributed by atoms with Gasteiger partial charge in [0.25, 0.3) is 10.0 Å². The second-order valence-electron chi connectivity index (χ2n) is 8.35. The quantitative estimate of drug-likeness (QED) is 0.710. The predicted molar refractivity (Wildman–Crippen MR) is 103 cm³/mol. The number of amides is 2. The number of rotatable bonds is 4. The minimum Gasteiger partial charge on any atom is -0.348 e. The van der Waals surface area contributed by atoms with Crippen LogP contribution >= 0.6 is 0 Å². The zero-order valence-electron chi connectivity index (χ0n) is 17.2. The first-order valence-corrected chi connectivity index (χ1v) is 11.2. The van der Waals surface area contributed by atoms with Gasteiger partial charge < -0.3 is 29.0 Å². The fraction of sp³-hybridized carbons (Fsp3) is 0.632. The number of sulfonamides is 1. The Morgan fingerprint density at radius 2 is 1.70 bits per heavy atom. The van der Waals surface area contributed by atoms with Crippen molar-refractivity contribution in [1.29, 1.82) is 0 Å². The average molecular weight is 442 g/mol. The van der Waals surface area contributed by atoms with Gasteiger partial charge in [-0.25, -0.2) is 17.9 Å². The number of carbonyl (C=O) groups is 1. The Balaban J connectivity index is 1.50. The Kier molecular flexibility index (Phi) is 5.32. The van der Waals surface area contributed by atoms with Crippen molar-refractivity contribution < 1.29 is 36.9 Å². The fourth-order valence-electron chi connectivity index (χ4n) is 3.85. The van der Waals surface area contributed by atoms with Crippen molar-refractivity contribution in [3.05, 3.63) is 30.3 Å². The number of fused-ring (bicyclic) bond motifs is 1. The Morgan fingerprint density at radius 1 is 1.00 bits per heavy atom. The average Bonchev–Trinajstić information content (AvgIpc) is 3.25. The van der Waals surface area contributed by atoms with Crippen molar-refractivity contribution in [1.82, 2.24) is 10.0 Å². The van der Waals surface area contributed by atoms with Crippen LogP contribution in [0.3, 0.4) is 0 Å². The summed E-state index contributed by atoms with van der Waals surface area (Å²) in [5.41, 5.74) is 0. The van der Waals surface area contributed by atoms with Crippen molar-refractivity contribution in [2.75, 3.05) is 6.61 Å². The summed E-state index contributed by atoms with van der Waals surface area (Å²) in [6, 6.07) is 6.01. The van der Waals surface area contributed by atoms with E-state index in [4.69, 9.17) is 23.7 Å². The predicted octanol–water partition coefficient (Wildman–Crippen LogP) is 1.07. The molecule has 2 amide bonds. The molecule has 30 heavy (non-hydrogen) atoms. The molecule has 1 aromatic rings. The molecule has 0 saturated carbocycles. The molecular formula is C19H26N2O8S. The van der Waals surface area contributed by atoms with Crippen molar-refractivity contribution in [3.63, 3.8) is 0 Å². The number of urea groups is 1. The summed E-state index contributed by atoms with van der Waals surface area (Å²) in [6.45, 7) is 7.28. The van der Waals surface area contributed by atoms with Crippen molar-refractivity contribution in [3.8, 4) is 0 Å². The largest absolute Gasteiger partial charge is 0.348 e. The van der Waals surface area contributed by atoms with E-state index in [1.54, 1.807) is 45.9 Å². The molecule has 0 aliphatic carbocycles. The van der Waals surface area contributed by atoms with Crippen LogP contribution in [0.5, 0.6) is 0 Å². The molecule has 3 saturated heterocycles. The van der Waals surface area contributed by atoms with Crippen LogP contribution in [-0.4, -0.2) is 63.3 Å². The van der Waals surface area contributed by atoms with Crippen molar-refractivity contribution >= 4 is 16.1 Å². The van der Waals surface area contributed by atoms with Gasteiger partial charge in [-0.1, -0.05) is 18.2 Å². The van der Waals surface area contributed by atoms with Gasteiger partial charge in [0.1, 0.15) is 18.3 Å². The summed E-state index contributed by atoms with van der Waals surface area (Å²) >= 11 is 0. The van der Waals surface area contributed by atoms with Gasteiger partial charge in [-0.3, -0.25) is 0 Å². The lowest BCUT2D eigenvalue weighted by Gasteiger charge is -2.29. The highest BCUT2D eigenvalue weighted by Crippen LogP contribution is 2.40. The third kappa shape index (κ3) is 4.32. The Labute approximate surface area is 175 Å². The zero-order chi connectivity index (χ0) is 21.7. The van der Waals surface area contributed by atoms with Crippen molar-refractivity contribution in [2.24, 2.45) is 0 Å². The summed E-state index contributed by atoms with van der Waals surface area (Å²) in [7, 11) is -4.03. The highest BCUT2D eigenvalue weighted by molar-refractivity contribution is 7.90. The van der Waals surface area contributed by atoms with E-state index < -0.39 is 58.3 Å². The summed E-state index contributed by atoms with van der Waals surface area (Å²) in [5.74, 6) is -1.70. The van der Waals surface area contributed by atoms with E-state index in [2.05, 4.69) is 5.32 Å². The van der Waals surface area contributed by atoms with E-state index in [1.807, 2.05) is 4.72 Å². The van der Waals surface area contributed by atoms with Gasteiger partial charge >= 0.3 is 6.03 Å². The van der Waals surface area contributed by atoms with Crippen LogP contribution in [0.2, 0.25) is 0 Å². The maximum atomic E-state index is 12.6. The molecular weight excluding hydrogens is 416 g/mol. The van der Waals surface area contributed by atoms with Crippen LogP contribution < -0.4 is 10.0 Å². The molecule has 0 spiro atoms. The van der Waals surface area contributed by atoms with E-state index in [-0.39, 0.29) is 11.5 Å². The molecule has 1 aromatic carbocycles. The van der Waals surface area contributed by atoms with Crippen molar-refractivity contribution in [2.45, 2.75) is 74.8 Å². The third-order valence-corrected chi connectivity index (χ3v) is 6.41. The molecule has 3 aliphatic heterocycles. The molecule has 10 nitrogen and oxygen atoms in total. The number of hydrogen-bond acceptors (Lipinski definition) is 8. The summed E-state index contributed by atoms with van der Waals surface area (Å²) in [5, 5.41) is 2.67. The molecule has 0 bridgehead atoms. The lowest BCUT2D eigenvalue weighted by atomic mass is 10.0. The van der Waals surface area contributed by atoms with Gasteiger partial charge in [0.15, 0.2) is 17.9 Å². The number of ether oxygens (including phenoxy) is 5. The number of carbonyl (C=O) groups excluding carboxylic acids is 1. The minimum absolute atomic E-state index is 0.0203. The molecule has 0 aromatic heterocycles. The third-order valence-electron chi connectivity index (χ3n) is 5.06. The minimum atomic E-state index is -4.03. The highest BCUT2D eigenvalue weighted by atomic mass is 32.2. The highest BCUT2D eigenvalue weighted by Gasteiger charge is 2.58. The lowest BCUT2D eigenvalue weighted by Crippen LogP contribution is -2.55. The topological polar surface area (TPSA) is 121 Å². The maximum Gasteiger partial charge on any atom is 0.329 e. The number of nitrogens with one attached hydrogen (secondary N) is 2. The summed E-state index contributed by atoms with van der Waals surface area (Å²) in [4.78, 5) is 12.6. The van der Waals surface area contributed by atoms with Gasteiger partial charge in [0, 0.05) is 0 Å². The molecule has 3 aliphatic rings. The second kappa shape index (κ2) is 7.43. The molecule has 0 radical (unpaired) electrons. The van der Waals surface area contributed by atoms with Crippen LogP contribution in [-0.2, 0) is 33.7 Å². The molecule has 11 heteroatoms. The first-order chi connectivity index (χ1) is 14.0. The Hall–Kier alpha value is -1.76. The van der Waals surface area contributed by atoms with Gasteiger partial charge in [-0.05, 0) is 39.8 Å². The monoisotopic (exact) mass is 442 g/mol. The number of hydrogen-bond donors (Lipinski definition) is 2. The van der Waals surface area contributed by atoms with Gasteiger partial charge in [0.2, 0.25) is 0 Å². The standard InChI is InChI=1S/C19H26N2O8S/c1-18(2)25-10-12(27-18)14-13(15-16(26-14)29-19(3,4)28-15)20-17(22)21-30(23,24)11-8-6-5-7-9-11/h5-9,12-16H,10H2,1-4H3,(H2,20,21,22). The zero-order valence-corrected chi connectivity index (χ0v) is 18.0. The molecule has 3 fully saturated rings. The molecule has 5 unspecified atom stereocenters. The SMILES string of the molecule is CC1(C)OCC(C2OC3OC(C)(C)OC3C2NC(=O)NS(=O)(=O)c2ccccc2)O1. The summed E-state index contributed by atoms with van der Waals surface area (Å²) < 4.78 is 56.1. The molecule has 4 rings (SSSR count). The first-order valence-electron chi connectivity index (χ1n) is 9.67. The van der Waals surface area contributed by atoms with Gasteiger partial charge in [-0.15, -0.1) is 0 Å². The fourth-order valence-corrected chi connectivity index (χ4v) is 4.79. The lowest BCUT2D eigenvalue weighted by molar-refractivity contribution is -0.223. The molecule has 2 N–H and O–H groups in total. The van der Waals surface area contributed by atoms with E-state index in [9.17, 15) is 13.2 Å². The molecule has 166 valence electrons. The second-order valence-corrected chi connectivity index (χ2v) is 10.0. The number of benzene rings is 1. The van der Waals surface area contributed by atoms with Gasteiger partial charge in [0.05, 0.1) is 17.5 Å². The van der Waals surface area contributed by atoms with E-state index in [0.717, 1.165) is 0 Å². The molecule has 5 atom stereocenters. The molecule has 3 heterocycles. The first kappa shape index (κ1) is 21.5. The smallest absolute Gasteiger partial charge is 0.329 e. The van der Waals surface area contributed by atoms with Crippen LogP contribution in [0.1, 0.15) is 27.7 Å². The van der Waals surface area contributed by atoms with E-state index in [1.165, 1.54) is 12.1 Å². The maximum absolute atomic E-state index is 12.6. The van der Waals surface area contributed by atoms with Crippen LogP contribution in [0.25, 0.3) is 0 Å². The van der Waals surface area contributed by atoms with E-state index >= 15 is 0 Å².